The molecule has 0 N–H and O–H groups in total. The Morgan fingerprint density at radius 3 is 1.47 bits per heavy atom. The monoisotopic (exact) mass is 627 g/mol. The molecule has 0 atom stereocenters. The van der Waals surface area contributed by atoms with Crippen molar-refractivity contribution in [3.8, 4) is 55.9 Å². The van der Waals surface area contributed by atoms with E-state index in [-0.39, 0.29) is 0 Å². The Kier molecular flexibility index (Phi) is 9.34. The van der Waals surface area contributed by atoms with Gasteiger partial charge in [-0.2, -0.15) is 0 Å². The minimum atomic E-state index is 0.940. The maximum atomic E-state index is 5.27. The maximum Gasteiger partial charge on any atom is 0.0715 e. The van der Waals surface area contributed by atoms with Crippen molar-refractivity contribution in [2.45, 2.75) is 6.92 Å². The predicted molar refractivity (Wildman–Crippen MR) is 210 cm³/mol. The lowest BCUT2D eigenvalue weighted by Crippen LogP contribution is -1.92. The summed E-state index contributed by atoms with van der Waals surface area (Å²) in [5.41, 5.74) is 15.7. The molecule has 1 heteroatoms. The van der Waals surface area contributed by atoms with Gasteiger partial charge in [0.15, 0.2) is 0 Å². The molecule has 6 aromatic carbocycles. The summed E-state index contributed by atoms with van der Waals surface area (Å²) in [5, 5.41) is 0. The fourth-order valence-electron chi connectivity index (χ4n) is 6.11. The quantitative estimate of drug-likeness (QED) is 0.145. The average Bonchev–Trinajstić information content (AvgIpc) is 3.19. The molecule has 0 radical (unpaired) electrons. The highest BCUT2D eigenvalue weighted by Crippen LogP contribution is 2.33. The molecule has 0 aliphatic carbocycles. The van der Waals surface area contributed by atoms with Crippen LogP contribution in [0.15, 0.2) is 201 Å². The molecule has 0 saturated carbocycles. The molecule has 0 saturated heterocycles. The number of pyridine rings is 1. The van der Waals surface area contributed by atoms with E-state index in [0.29, 0.717) is 0 Å². The Morgan fingerprint density at radius 2 is 0.857 bits per heavy atom. The fourth-order valence-corrected chi connectivity index (χ4v) is 6.11. The molecule has 49 heavy (non-hydrogen) atoms. The third kappa shape index (κ3) is 7.32. The lowest BCUT2D eigenvalue weighted by Gasteiger charge is -2.12. The summed E-state index contributed by atoms with van der Waals surface area (Å²) < 4.78 is 0. The minimum Gasteiger partial charge on any atom is -0.248 e. The largest absolute Gasteiger partial charge is 0.248 e. The summed E-state index contributed by atoms with van der Waals surface area (Å²) in [4.78, 5) is 5.27. The van der Waals surface area contributed by atoms with Crippen LogP contribution in [0.3, 0.4) is 0 Å². The Morgan fingerprint density at radius 1 is 0.408 bits per heavy atom. The van der Waals surface area contributed by atoms with Crippen LogP contribution in [0.25, 0.3) is 67.0 Å². The van der Waals surface area contributed by atoms with Crippen LogP contribution in [0.5, 0.6) is 0 Å². The third-order valence-corrected chi connectivity index (χ3v) is 8.87. The van der Waals surface area contributed by atoms with Gasteiger partial charge in [0.25, 0.3) is 0 Å². The predicted octanol–water partition coefficient (Wildman–Crippen LogP) is 13.1. The zero-order valence-electron chi connectivity index (χ0n) is 27.6. The molecule has 0 spiro atoms. The minimum absolute atomic E-state index is 0.940. The van der Waals surface area contributed by atoms with Gasteiger partial charge in [0.05, 0.1) is 11.4 Å². The Balaban J connectivity index is 1.25. The highest BCUT2D eigenvalue weighted by Gasteiger charge is 2.11. The van der Waals surface area contributed by atoms with Crippen molar-refractivity contribution >= 4 is 11.1 Å². The van der Waals surface area contributed by atoms with Crippen molar-refractivity contribution in [3.63, 3.8) is 0 Å². The van der Waals surface area contributed by atoms with E-state index in [4.69, 9.17) is 4.98 Å². The summed E-state index contributed by atoms with van der Waals surface area (Å²) in [6, 6.07) is 62.0. The molecule has 0 fully saturated rings. The second-order valence-corrected chi connectivity index (χ2v) is 12.1. The number of benzene rings is 6. The molecular weight excluding hydrogens is 591 g/mol. The molecule has 1 heterocycles. The first-order chi connectivity index (χ1) is 24.1. The van der Waals surface area contributed by atoms with Gasteiger partial charge < -0.3 is 0 Å². The van der Waals surface area contributed by atoms with Gasteiger partial charge in [-0.25, -0.2) is 4.98 Å². The van der Waals surface area contributed by atoms with Crippen LogP contribution < -0.4 is 0 Å². The van der Waals surface area contributed by atoms with E-state index in [1.54, 1.807) is 0 Å². The van der Waals surface area contributed by atoms with E-state index >= 15 is 0 Å². The Hall–Kier alpha value is -6.31. The first-order valence-corrected chi connectivity index (χ1v) is 16.7. The summed E-state index contributed by atoms with van der Waals surface area (Å²) in [7, 11) is 0. The molecule has 0 amide bonds. The molecular formula is C48H37N. The van der Waals surface area contributed by atoms with Crippen molar-refractivity contribution in [1.29, 1.82) is 0 Å². The SMILES string of the molecule is C=C/C(=C\C=C(/C)c1cccc(-c2cc(-c3ccccc3)cc(-c3cccc(-c4ccc(-c5ccccc5)cc4)c3)n2)c1)c1ccccc1. The van der Waals surface area contributed by atoms with Gasteiger partial charge in [0.2, 0.25) is 0 Å². The smallest absolute Gasteiger partial charge is 0.0715 e. The van der Waals surface area contributed by atoms with Gasteiger partial charge >= 0.3 is 0 Å². The van der Waals surface area contributed by atoms with Crippen LogP contribution in [0.1, 0.15) is 18.1 Å². The second-order valence-electron chi connectivity index (χ2n) is 12.1. The number of hydrogen-bond donors (Lipinski definition) is 0. The van der Waals surface area contributed by atoms with Gasteiger partial charge in [0.1, 0.15) is 0 Å². The third-order valence-electron chi connectivity index (χ3n) is 8.87. The summed E-state index contributed by atoms with van der Waals surface area (Å²) in [6.07, 6.45) is 6.21. The Bertz CT molecular complexity index is 2260. The van der Waals surface area contributed by atoms with E-state index in [1.165, 1.54) is 22.3 Å². The highest BCUT2D eigenvalue weighted by atomic mass is 14.7. The zero-order valence-corrected chi connectivity index (χ0v) is 27.6. The van der Waals surface area contributed by atoms with Crippen molar-refractivity contribution in [3.05, 3.63) is 212 Å². The Labute approximate surface area is 289 Å². The van der Waals surface area contributed by atoms with Crippen molar-refractivity contribution in [2.75, 3.05) is 0 Å². The molecule has 7 aromatic rings. The van der Waals surface area contributed by atoms with E-state index in [9.17, 15) is 0 Å². The standard InChI is InChI=1S/C48H37N/c1-3-36(37-15-7-4-8-16-37)26-25-35(2)42-21-13-23-44(31-42)47-33-46(39-19-11-6-12-20-39)34-48(49-47)45-24-14-22-43(32-45)41-29-27-40(28-30-41)38-17-9-5-10-18-38/h3-34H,1H2,2H3/b35-25+,36-26+. The van der Waals surface area contributed by atoms with E-state index in [0.717, 1.165) is 55.9 Å². The molecule has 1 aromatic heterocycles. The summed E-state index contributed by atoms with van der Waals surface area (Å²) in [6.45, 7) is 6.19. The number of hydrogen-bond acceptors (Lipinski definition) is 1. The number of rotatable bonds is 9. The molecule has 7 rings (SSSR count). The van der Waals surface area contributed by atoms with Gasteiger partial charge in [-0.15, -0.1) is 0 Å². The number of aromatic nitrogens is 1. The molecule has 0 aliphatic heterocycles. The molecule has 0 bridgehead atoms. The molecule has 0 aliphatic rings. The fraction of sp³-hybridized carbons (Fsp3) is 0.0208. The molecule has 0 unspecified atom stereocenters. The van der Waals surface area contributed by atoms with Gasteiger partial charge in [-0.05, 0) is 86.8 Å². The van der Waals surface area contributed by atoms with E-state index < -0.39 is 0 Å². The lowest BCUT2D eigenvalue weighted by atomic mass is 9.96. The van der Waals surface area contributed by atoms with Crippen LogP contribution in [0.2, 0.25) is 0 Å². The first kappa shape index (κ1) is 31.3. The van der Waals surface area contributed by atoms with Gasteiger partial charge in [-0.3, -0.25) is 0 Å². The van der Waals surface area contributed by atoms with Crippen molar-refractivity contribution < 1.29 is 0 Å². The van der Waals surface area contributed by atoms with E-state index in [1.807, 2.05) is 12.1 Å². The maximum absolute atomic E-state index is 5.27. The lowest BCUT2D eigenvalue weighted by molar-refractivity contribution is 1.32. The van der Waals surface area contributed by atoms with Gasteiger partial charge in [0, 0.05) is 11.1 Å². The first-order valence-electron chi connectivity index (χ1n) is 16.7. The summed E-state index contributed by atoms with van der Waals surface area (Å²) in [5.74, 6) is 0. The van der Waals surface area contributed by atoms with Crippen LogP contribution >= 0.6 is 0 Å². The normalized spacial score (nSPS) is 11.7. The van der Waals surface area contributed by atoms with Crippen LogP contribution in [-0.2, 0) is 0 Å². The van der Waals surface area contributed by atoms with Crippen LogP contribution in [0.4, 0.5) is 0 Å². The summed E-state index contributed by atoms with van der Waals surface area (Å²) >= 11 is 0. The van der Waals surface area contributed by atoms with Crippen LogP contribution in [-0.4, -0.2) is 4.98 Å². The van der Waals surface area contributed by atoms with Crippen LogP contribution in [0, 0.1) is 0 Å². The van der Waals surface area contributed by atoms with E-state index in [2.05, 4.69) is 196 Å². The zero-order chi connectivity index (χ0) is 33.4. The molecule has 1 nitrogen and oxygen atoms in total. The number of allylic oxidation sites excluding steroid dienone is 5. The number of nitrogens with zero attached hydrogens (tertiary/aromatic N) is 1. The second kappa shape index (κ2) is 14.6. The van der Waals surface area contributed by atoms with Crippen molar-refractivity contribution in [2.24, 2.45) is 0 Å². The van der Waals surface area contributed by atoms with Gasteiger partial charge in [-0.1, -0.05) is 176 Å². The molecule has 234 valence electrons. The topological polar surface area (TPSA) is 12.9 Å². The highest BCUT2D eigenvalue weighted by molar-refractivity contribution is 5.81. The average molecular weight is 628 g/mol. The van der Waals surface area contributed by atoms with Crippen molar-refractivity contribution in [1.82, 2.24) is 4.98 Å².